The van der Waals surface area contributed by atoms with E-state index in [1.54, 1.807) is 20.0 Å². The smallest absolute Gasteiger partial charge is 0.396 e. The first kappa shape index (κ1) is 23.8. The SMILES string of the molecule is CC12CCC(C)(O1)[C@H]1C(=O)N(c3ccc(C#N)c(C(F)(F)F)c3)C(=O)[C@H]12.OCCc1cn[nH]n1. The molecule has 2 unspecified atom stereocenters. The Labute approximate surface area is 192 Å². The number of fused-ring (bicyclic) bond motifs is 5. The number of alkyl halides is 3. The van der Waals surface area contributed by atoms with Crippen LogP contribution in [0.5, 0.6) is 0 Å². The predicted molar refractivity (Wildman–Crippen MR) is 110 cm³/mol. The van der Waals surface area contributed by atoms with Gasteiger partial charge in [-0.15, -0.1) is 0 Å². The van der Waals surface area contributed by atoms with Gasteiger partial charge in [-0.1, -0.05) is 0 Å². The third-order valence-electron chi connectivity index (χ3n) is 6.73. The standard InChI is InChI=1S/C18H15F3N2O3.C4H7N3O/c1-16-5-6-17(2,26-16)13-12(16)14(24)23(15(13)25)10-4-3-9(8-22)11(7-10)18(19,20)21;8-2-1-4-3-5-7-6-4/h3-4,7,12-13H,5-6H2,1-2H3;3,8H,1-2H2,(H,5,6,7)/t12-,13+,16?,17?;. The van der Waals surface area contributed by atoms with Crippen molar-refractivity contribution < 1.29 is 32.6 Å². The number of aliphatic hydroxyl groups excluding tert-OH is 1. The van der Waals surface area contributed by atoms with Gasteiger partial charge in [0.05, 0.1) is 57.8 Å². The molecule has 3 aliphatic heterocycles. The fourth-order valence-electron chi connectivity index (χ4n) is 5.19. The molecule has 12 heteroatoms. The minimum atomic E-state index is -4.76. The number of carbonyl (C=O) groups is 2. The summed E-state index contributed by atoms with van der Waals surface area (Å²) in [5.41, 5.74) is -2.63. The number of aromatic nitrogens is 3. The summed E-state index contributed by atoms with van der Waals surface area (Å²) in [6.45, 7) is 3.68. The second kappa shape index (κ2) is 8.18. The minimum Gasteiger partial charge on any atom is -0.396 e. The van der Waals surface area contributed by atoms with Crippen molar-refractivity contribution in [1.29, 1.82) is 5.26 Å². The lowest BCUT2D eigenvalue weighted by atomic mass is 9.69. The van der Waals surface area contributed by atoms with Gasteiger partial charge in [-0.25, -0.2) is 4.90 Å². The molecule has 3 saturated heterocycles. The molecule has 0 saturated carbocycles. The highest BCUT2D eigenvalue weighted by Crippen LogP contribution is 2.61. The highest BCUT2D eigenvalue weighted by Gasteiger charge is 2.72. The van der Waals surface area contributed by atoms with Gasteiger partial charge in [-0.2, -0.15) is 33.8 Å². The number of halogens is 3. The first-order chi connectivity index (χ1) is 15.9. The summed E-state index contributed by atoms with van der Waals surface area (Å²) in [5, 5.41) is 27.0. The van der Waals surface area contributed by atoms with E-state index in [0.717, 1.165) is 16.7 Å². The van der Waals surface area contributed by atoms with E-state index < -0.39 is 52.2 Å². The van der Waals surface area contributed by atoms with Crippen LogP contribution in [0, 0.1) is 23.2 Å². The van der Waals surface area contributed by atoms with Crippen LogP contribution >= 0.6 is 0 Å². The Kier molecular flexibility index (Phi) is 5.73. The monoisotopic (exact) mass is 477 g/mol. The molecule has 0 aliphatic carbocycles. The van der Waals surface area contributed by atoms with E-state index in [4.69, 9.17) is 15.1 Å². The molecule has 34 heavy (non-hydrogen) atoms. The van der Waals surface area contributed by atoms with Crippen molar-refractivity contribution >= 4 is 17.5 Å². The summed E-state index contributed by atoms with van der Waals surface area (Å²) in [6.07, 6.45) is -1.34. The predicted octanol–water partition coefficient (Wildman–Crippen LogP) is 2.36. The van der Waals surface area contributed by atoms with Crippen LogP contribution in [-0.2, 0) is 26.9 Å². The van der Waals surface area contributed by atoms with Gasteiger partial charge in [0.2, 0.25) is 11.8 Å². The number of ether oxygens (including phenoxy) is 1. The van der Waals surface area contributed by atoms with Crippen LogP contribution in [0.25, 0.3) is 0 Å². The number of anilines is 1. The molecular weight excluding hydrogens is 455 g/mol. The zero-order chi connectivity index (χ0) is 24.9. The number of amides is 2. The second-order valence-electron chi connectivity index (χ2n) is 8.97. The third-order valence-corrected chi connectivity index (χ3v) is 6.73. The van der Waals surface area contributed by atoms with E-state index in [-0.39, 0.29) is 12.3 Å². The lowest BCUT2D eigenvalue weighted by Gasteiger charge is -2.27. The fourth-order valence-corrected chi connectivity index (χ4v) is 5.19. The number of aromatic amines is 1. The Morgan fingerprint density at radius 1 is 1.24 bits per heavy atom. The Morgan fingerprint density at radius 3 is 2.32 bits per heavy atom. The number of hydrogen-bond donors (Lipinski definition) is 2. The summed E-state index contributed by atoms with van der Waals surface area (Å²) in [4.78, 5) is 26.7. The average molecular weight is 477 g/mol. The van der Waals surface area contributed by atoms with E-state index in [0.29, 0.717) is 25.3 Å². The zero-order valence-corrected chi connectivity index (χ0v) is 18.4. The zero-order valence-electron chi connectivity index (χ0n) is 18.4. The van der Waals surface area contributed by atoms with Gasteiger partial charge >= 0.3 is 6.18 Å². The molecular formula is C22H22F3N5O4. The molecule has 3 fully saturated rings. The Hall–Kier alpha value is -3.30. The van der Waals surface area contributed by atoms with Crippen LogP contribution in [0.3, 0.4) is 0 Å². The molecule has 0 radical (unpaired) electrons. The number of nitrogens with zero attached hydrogens (tertiary/aromatic N) is 4. The molecule has 2 bridgehead atoms. The number of aliphatic hydroxyl groups is 1. The van der Waals surface area contributed by atoms with Gasteiger partial charge in [0, 0.05) is 13.0 Å². The molecule has 5 rings (SSSR count). The quantitative estimate of drug-likeness (QED) is 0.649. The molecule has 4 heterocycles. The number of imide groups is 1. The van der Waals surface area contributed by atoms with Crippen LogP contribution in [-0.4, -0.2) is 50.1 Å². The first-order valence-electron chi connectivity index (χ1n) is 10.6. The molecule has 3 aliphatic rings. The molecule has 180 valence electrons. The van der Waals surface area contributed by atoms with Gasteiger partial charge < -0.3 is 9.84 Å². The summed E-state index contributed by atoms with van der Waals surface area (Å²) in [6, 6.07) is 4.38. The maximum Gasteiger partial charge on any atom is 0.417 e. The Bertz CT molecular complexity index is 1130. The first-order valence-corrected chi connectivity index (χ1v) is 10.6. The lowest BCUT2D eigenvalue weighted by Crippen LogP contribution is -2.40. The average Bonchev–Trinajstić information content (AvgIpc) is 3.50. The van der Waals surface area contributed by atoms with E-state index in [1.807, 2.05) is 0 Å². The van der Waals surface area contributed by atoms with E-state index >= 15 is 0 Å². The second-order valence-corrected chi connectivity index (χ2v) is 8.97. The summed E-state index contributed by atoms with van der Waals surface area (Å²) >= 11 is 0. The summed E-state index contributed by atoms with van der Waals surface area (Å²) < 4.78 is 45.6. The molecule has 1 aromatic carbocycles. The van der Waals surface area contributed by atoms with Crippen LogP contribution in [0.4, 0.5) is 18.9 Å². The molecule has 2 amide bonds. The maximum absolute atomic E-state index is 13.2. The van der Waals surface area contributed by atoms with Crippen molar-refractivity contribution in [1.82, 2.24) is 15.4 Å². The van der Waals surface area contributed by atoms with Crippen molar-refractivity contribution in [3.63, 3.8) is 0 Å². The summed E-state index contributed by atoms with van der Waals surface area (Å²) in [7, 11) is 0. The molecule has 2 N–H and O–H groups in total. The van der Waals surface area contributed by atoms with E-state index in [9.17, 15) is 22.8 Å². The number of nitrogens with one attached hydrogen (secondary N) is 1. The number of benzene rings is 1. The Morgan fingerprint density at radius 2 is 1.85 bits per heavy atom. The van der Waals surface area contributed by atoms with Crippen LogP contribution in [0.1, 0.15) is 43.5 Å². The molecule has 0 spiro atoms. The van der Waals surface area contributed by atoms with Gasteiger partial charge in [0.25, 0.3) is 0 Å². The van der Waals surface area contributed by atoms with Crippen LogP contribution < -0.4 is 4.90 Å². The van der Waals surface area contributed by atoms with Crippen LogP contribution in [0.2, 0.25) is 0 Å². The van der Waals surface area contributed by atoms with Crippen LogP contribution in [0.15, 0.2) is 24.4 Å². The van der Waals surface area contributed by atoms with Crippen molar-refractivity contribution in [2.24, 2.45) is 11.8 Å². The minimum absolute atomic E-state index is 0.131. The largest absolute Gasteiger partial charge is 0.417 e. The van der Waals surface area contributed by atoms with Gasteiger partial charge in [0.15, 0.2) is 0 Å². The van der Waals surface area contributed by atoms with Gasteiger partial charge in [-0.3, -0.25) is 9.59 Å². The third kappa shape index (κ3) is 3.74. The highest BCUT2D eigenvalue weighted by molar-refractivity contribution is 6.23. The molecule has 2 aromatic rings. The number of hydrogen-bond acceptors (Lipinski definition) is 7. The number of carbonyl (C=O) groups excluding carboxylic acids is 2. The van der Waals surface area contributed by atoms with Crippen molar-refractivity contribution in [2.75, 3.05) is 11.5 Å². The van der Waals surface area contributed by atoms with Crippen molar-refractivity contribution in [3.8, 4) is 6.07 Å². The fraction of sp³-hybridized carbons (Fsp3) is 0.500. The summed E-state index contributed by atoms with van der Waals surface area (Å²) in [5.74, 6) is -2.47. The normalized spacial score (nSPS) is 29.6. The molecule has 1 aromatic heterocycles. The van der Waals surface area contributed by atoms with E-state index in [1.165, 1.54) is 12.1 Å². The van der Waals surface area contributed by atoms with Crippen molar-refractivity contribution in [2.45, 2.75) is 50.5 Å². The Balaban J connectivity index is 0.000000291. The maximum atomic E-state index is 13.2. The number of nitriles is 1. The van der Waals surface area contributed by atoms with E-state index in [2.05, 4.69) is 15.4 Å². The number of H-pyrrole nitrogens is 1. The topological polar surface area (TPSA) is 132 Å². The van der Waals surface area contributed by atoms with Gasteiger partial charge in [0.1, 0.15) is 0 Å². The molecule has 4 atom stereocenters. The van der Waals surface area contributed by atoms with Crippen molar-refractivity contribution in [3.05, 3.63) is 41.2 Å². The molecule has 9 nitrogen and oxygen atoms in total. The highest BCUT2D eigenvalue weighted by atomic mass is 19.4. The lowest BCUT2D eigenvalue weighted by molar-refractivity contribution is -0.138. The number of rotatable bonds is 3. The van der Waals surface area contributed by atoms with Gasteiger partial charge in [-0.05, 0) is 44.9 Å².